The molecule has 0 spiro atoms. The average Bonchev–Trinajstić information content (AvgIpc) is 3.89. The van der Waals surface area contributed by atoms with Gasteiger partial charge in [0.25, 0.3) is 11.6 Å². The van der Waals surface area contributed by atoms with E-state index < -0.39 is 12.1 Å². The number of aromatic nitrogens is 1. The number of amides is 4. The highest BCUT2D eigenvalue weighted by Crippen LogP contribution is 2.24. The Morgan fingerprint density at radius 1 is 0.655 bits per heavy atom. The summed E-state index contributed by atoms with van der Waals surface area (Å²) in [5.41, 5.74) is 2.28. The summed E-state index contributed by atoms with van der Waals surface area (Å²) < 4.78 is 29.5. The quantitative estimate of drug-likeness (QED) is 0.162. The number of hydrogen-bond acceptors (Lipinski definition) is 4. The Bertz CT molecular complexity index is 1800. The van der Waals surface area contributed by atoms with Crippen molar-refractivity contribution in [2.24, 2.45) is 18.9 Å². The molecular weight excluding hydrogens is 701 g/mol. The normalized spacial score (nSPS) is 15.4. The summed E-state index contributed by atoms with van der Waals surface area (Å²) in [6.07, 6.45) is 7.47. The molecule has 11 heteroatoms. The van der Waals surface area contributed by atoms with Crippen molar-refractivity contribution >= 4 is 23.6 Å². The average molecular weight is 759 g/mol. The Hall–Kier alpha value is -4.67. The Kier molecular flexibility index (Phi) is 14.5. The fourth-order valence-corrected chi connectivity index (χ4v) is 8.10. The van der Waals surface area contributed by atoms with Crippen LogP contribution >= 0.6 is 0 Å². The van der Waals surface area contributed by atoms with Crippen LogP contribution in [0.1, 0.15) is 98.2 Å². The number of carbonyl (C=O) groups excluding carboxylic acids is 4. The first-order valence-corrected chi connectivity index (χ1v) is 20.0. The third kappa shape index (κ3) is 10.6. The highest BCUT2D eigenvalue weighted by Gasteiger charge is 2.40. The predicted octanol–water partition coefficient (Wildman–Crippen LogP) is 6.23. The molecule has 9 nitrogen and oxygen atoms in total. The van der Waals surface area contributed by atoms with E-state index in [9.17, 15) is 28.0 Å². The van der Waals surface area contributed by atoms with Crippen molar-refractivity contribution in [1.82, 2.24) is 19.6 Å². The van der Waals surface area contributed by atoms with Gasteiger partial charge in [-0.15, -0.1) is 0 Å². The zero-order valence-corrected chi connectivity index (χ0v) is 33.2. The minimum Gasteiger partial charge on any atom is -0.341 e. The minimum atomic E-state index is -0.698. The summed E-state index contributed by atoms with van der Waals surface area (Å²) >= 11 is 0. The minimum absolute atomic E-state index is 0.0703. The largest absolute Gasteiger partial charge is 0.341 e. The van der Waals surface area contributed by atoms with Crippen molar-refractivity contribution in [3.8, 4) is 0 Å². The smallest absolute Gasteiger partial charge is 0.319 e. The lowest BCUT2D eigenvalue weighted by molar-refractivity contribution is -0.673. The van der Waals surface area contributed by atoms with Crippen LogP contribution in [0.3, 0.4) is 0 Å². The van der Waals surface area contributed by atoms with Crippen molar-refractivity contribution in [1.29, 1.82) is 0 Å². The van der Waals surface area contributed by atoms with E-state index in [1.54, 1.807) is 51.9 Å². The molecule has 2 aliphatic heterocycles. The highest BCUT2D eigenvalue weighted by atomic mass is 19.1. The van der Waals surface area contributed by atoms with Crippen molar-refractivity contribution in [2.45, 2.75) is 91.1 Å². The molecule has 4 amide bonds. The first-order valence-electron chi connectivity index (χ1n) is 20.0. The van der Waals surface area contributed by atoms with Crippen LogP contribution < -0.4 is 4.57 Å². The van der Waals surface area contributed by atoms with Gasteiger partial charge in [0, 0.05) is 45.3 Å². The van der Waals surface area contributed by atoms with Gasteiger partial charge in [-0.3, -0.25) is 19.2 Å². The molecule has 2 aliphatic rings. The fourth-order valence-electron chi connectivity index (χ4n) is 8.10. The summed E-state index contributed by atoms with van der Waals surface area (Å²) in [5.74, 6) is -1.76. The van der Waals surface area contributed by atoms with Crippen molar-refractivity contribution < 1.29 is 32.5 Å². The molecule has 0 unspecified atom stereocenters. The predicted molar refractivity (Wildman–Crippen MR) is 208 cm³/mol. The van der Waals surface area contributed by atoms with Gasteiger partial charge in [-0.25, -0.2) is 8.78 Å². The van der Waals surface area contributed by atoms with Gasteiger partial charge < -0.3 is 19.6 Å². The number of likely N-dealkylation sites (tertiary alicyclic amines) is 2. The second-order valence-corrected chi connectivity index (χ2v) is 15.8. The van der Waals surface area contributed by atoms with Gasteiger partial charge in [0.15, 0.2) is 6.20 Å². The number of benzene rings is 2. The molecule has 2 fully saturated rings. The molecule has 2 atom stereocenters. The lowest BCUT2D eigenvalue weighted by Gasteiger charge is -2.36. The molecular formula is C44H58F2N5O4+. The first-order chi connectivity index (χ1) is 26.3. The number of pyridine rings is 1. The van der Waals surface area contributed by atoms with Crippen LogP contribution in [0.4, 0.5) is 8.78 Å². The van der Waals surface area contributed by atoms with Crippen LogP contribution in [0.2, 0.25) is 0 Å². The van der Waals surface area contributed by atoms with E-state index in [-0.39, 0.29) is 60.2 Å². The summed E-state index contributed by atoms with van der Waals surface area (Å²) in [4.78, 5) is 64.0. The molecule has 3 aromatic rings. The van der Waals surface area contributed by atoms with Gasteiger partial charge in [0.2, 0.25) is 11.8 Å². The van der Waals surface area contributed by atoms with E-state index in [2.05, 4.69) is 0 Å². The van der Waals surface area contributed by atoms with Crippen molar-refractivity contribution in [3.05, 3.63) is 101 Å². The molecule has 0 aliphatic carbocycles. The molecule has 0 saturated carbocycles. The Morgan fingerprint density at radius 2 is 1.09 bits per heavy atom. The van der Waals surface area contributed by atoms with Gasteiger partial charge in [-0.05, 0) is 105 Å². The molecule has 0 N–H and O–H groups in total. The van der Waals surface area contributed by atoms with Crippen LogP contribution in [-0.2, 0) is 29.5 Å². The molecule has 3 heterocycles. The lowest BCUT2D eigenvalue weighted by atomic mass is 9.98. The Morgan fingerprint density at radius 3 is 1.49 bits per heavy atom. The van der Waals surface area contributed by atoms with Gasteiger partial charge >= 0.3 is 5.91 Å². The highest BCUT2D eigenvalue weighted by molar-refractivity contribution is 5.99. The first kappa shape index (κ1) is 41.5. The number of carbonyl (C=O) groups is 4. The second kappa shape index (κ2) is 19.3. The standard InChI is InChI=1S/C44H58F2N5O4/c1-31(2)39(43(54)48-22-6-7-23-48)50(26-12-16-33-14-10-18-36(45)28-33)41(52)35-20-21-38(47(5)30-35)42(53)51(27-13-17-34-15-11-19-37(46)29-34)40(32(3)4)44(55)49-24-8-9-25-49/h10-11,14-15,18-21,28-32,39-40H,6-9,12-13,16-17,22-27H2,1-5H3/q+1/t39-,40-/m0/s1. The lowest BCUT2D eigenvalue weighted by Crippen LogP contribution is -2.55. The molecule has 5 rings (SSSR count). The Balaban J connectivity index is 1.43. The van der Waals surface area contributed by atoms with E-state index in [1.807, 2.05) is 49.6 Å². The number of aryl methyl sites for hydroxylation is 3. The molecule has 1 aromatic heterocycles. The molecule has 0 bridgehead atoms. The monoisotopic (exact) mass is 758 g/mol. The summed E-state index contributed by atoms with van der Waals surface area (Å²) in [6, 6.07) is 14.7. The topological polar surface area (TPSA) is 85.1 Å². The molecule has 55 heavy (non-hydrogen) atoms. The van der Waals surface area contributed by atoms with E-state index in [0.717, 1.165) is 36.8 Å². The fraction of sp³-hybridized carbons (Fsp3) is 0.523. The van der Waals surface area contributed by atoms with Crippen LogP contribution in [-0.4, -0.2) is 94.6 Å². The van der Waals surface area contributed by atoms with E-state index >= 15 is 0 Å². The van der Waals surface area contributed by atoms with Crippen LogP contribution in [0.25, 0.3) is 0 Å². The molecule has 2 aromatic carbocycles. The van der Waals surface area contributed by atoms with Crippen molar-refractivity contribution in [3.63, 3.8) is 0 Å². The van der Waals surface area contributed by atoms with Gasteiger partial charge in [-0.2, -0.15) is 4.57 Å². The van der Waals surface area contributed by atoms with Gasteiger partial charge in [0.05, 0.1) is 0 Å². The third-order valence-electron chi connectivity index (χ3n) is 10.9. The maximum absolute atomic E-state index is 14.6. The number of rotatable bonds is 16. The second-order valence-electron chi connectivity index (χ2n) is 15.8. The van der Waals surface area contributed by atoms with Gasteiger partial charge in [-0.1, -0.05) is 52.0 Å². The molecule has 296 valence electrons. The summed E-state index contributed by atoms with van der Waals surface area (Å²) in [6.45, 7) is 11.0. The number of halogens is 2. The van der Waals surface area contributed by atoms with E-state index in [4.69, 9.17) is 0 Å². The van der Waals surface area contributed by atoms with E-state index in [1.165, 1.54) is 24.3 Å². The van der Waals surface area contributed by atoms with Crippen LogP contribution in [0.5, 0.6) is 0 Å². The maximum atomic E-state index is 14.6. The Labute approximate surface area is 325 Å². The zero-order chi connectivity index (χ0) is 39.6. The SMILES string of the molecule is CC(C)[C@@H](C(=O)N1CCCC1)N(CCCc1cccc(F)c1)C(=O)c1ccc(C(=O)N(CCCc2cccc(F)c2)[C@H](C(=O)N2CCCC2)C(C)C)[n+](C)c1. The number of nitrogens with zero attached hydrogens (tertiary/aromatic N) is 5. The third-order valence-corrected chi connectivity index (χ3v) is 10.9. The van der Waals surface area contributed by atoms with Crippen LogP contribution in [0, 0.1) is 23.5 Å². The van der Waals surface area contributed by atoms with Crippen molar-refractivity contribution in [2.75, 3.05) is 39.3 Å². The van der Waals surface area contributed by atoms with Crippen LogP contribution in [0.15, 0.2) is 66.9 Å². The summed E-state index contributed by atoms with van der Waals surface area (Å²) in [7, 11) is 1.71. The number of hydrogen-bond donors (Lipinski definition) is 0. The van der Waals surface area contributed by atoms with E-state index in [0.29, 0.717) is 63.1 Å². The maximum Gasteiger partial charge on any atom is 0.319 e. The van der Waals surface area contributed by atoms with Gasteiger partial charge in [0.1, 0.15) is 36.3 Å². The summed E-state index contributed by atoms with van der Waals surface area (Å²) in [5, 5.41) is 0. The zero-order valence-electron chi connectivity index (χ0n) is 33.2. The molecule has 2 saturated heterocycles. The molecule has 0 radical (unpaired) electrons.